The Morgan fingerprint density at radius 3 is 2.22 bits per heavy atom. The lowest BCUT2D eigenvalue weighted by Gasteiger charge is -2.31. The summed E-state index contributed by atoms with van der Waals surface area (Å²) in [6.45, 7) is 7.00. The van der Waals surface area contributed by atoms with Gasteiger partial charge in [0, 0.05) is 17.1 Å². The maximum absolute atomic E-state index is 2.44. The summed E-state index contributed by atoms with van der Waals surface area (Å²) in [5.74, 6) is 0. The van der Waals surface area contributed by atoms with Gasteiger partial charge in [0.15, 0.2) is 0 Å². The Bertz CT molecular complexity index is 1860. The van der Waals surface area contributed by atoms with Gasteiger partial charge >= 0.3 is 0 Å². The number of hydrogen-bond donors (Lipinski definition) is 0. The van der Waals surface area contributed by atoms with E-state index in [0.717, 1.165) is 25.7 Å². The summed E-state index contributed by atoms with van der Waals surface area (Å²) < 4.78 is 0. The van der Waals surface area contributed by atoms with Gasteiger partial charge in [-0.2, -0.15) is 0 Å². The molecule has 0 atom stereocenters. The number of rotatable bonds is 3. The summed E-state index contributed by atoms with van der Waals surface area (Å²) >= 11 is 0. The van der Waals surface area contributed by atoms with Gasteiger partial charge in [-0.15, -0.1) is 0 Å². The van der Waals surface area contributed by atoms with Crippen LogP contribution in [0.2, 0.25) is 0 Å². The molecule has 0 aromatic heterocycles. The fourth-order valence-corrected chi connectivity index (χ4v) is 6.88. The second kappa shape index (κ2) is 10.2. The Labute approximate surface area is 244 Å². The number of fused-ring (bicyclic) bond motifs is 7. The van der Waals surface area contributed by atoms with Gasteiger partial charge in [-0.05, 0) is 112 Å². The van der Waals surface area contributed by atoms with Crippen molar-refractivity contribution in [2.45, 2.75) is 51.9 Å². The van der Waals surface area contributed by atoms with Gasteiger partial charge in [-0.3, -0.25) is 0 Å². The smallest absolute Gasteiger partial charge is 0.0468 e. The average Bonchev–Trinajstić information content (AvgIpc) is 3.05. The van der Waals surface area contributed by atoms with E-state index < -0.39 is 0 Å². The lowest BCUT2D eigenvalue weighted by molar-refractivity contribution is 0.536. The predicted molar refractivity (Wildman–Crippen MR) is 177 cm³/mol. The van der Waals surface area contributed by atoms with Crippen LogP contribution >= 0.6 is 0 Å². The topological polar surface area (TPSA) is 3.24 Å². The van der Waals surface area contributed by atoms with Crippen LogP contribution in [0.1, 0.15) is 60.9 Å². The van der Waals surface area contributed by atoms with Crippen LogP contribution in [0.25, 0.3) is 27.6 Å². The molecule has 0 N–H and O–H groups in total. The van der Waals surface area contributed by atoms with E-state index >= 15 is 0 Å². The standard InChI is InChI=1S/C40H37N/c1-28-19-21-32(22-20-28)41(31-15-5-4-6-16-31)33-23-24-36-37(27-33)34-17-9-10-18-35(34)38-26-30-13-8-7-12-29(30)14-11-25-40(2,3)39(36)38/h5,7-24,27H,4,6,25-26H2,1-3H3/b14-11-. The van der Waals surface area contributed by atoms with Crippen LogP contribution in [-0.2, 0) is 11.8 Å². The normalized spacial score (nSPS) is 16.7. The summed E-state index contributed by atoms with van der Waals surface area (Å²) in [4.78, 5) is 2.43. The van der Waals surface area contributed by atoms with Gasteiger partial charge < -0.3 is 4.90 Å². The third kappa shape index (κ3) is 4.60. The van der Waals surface area contributed by atoms with Crippen LogP contribution < -0.4 is 4.90 Å². The maximum atomic E-state index is 2.44. The van der Waals surface area contributed by atoms with Crippen LogP contribution in [0.15, 0.2) is 121 Å². The van der Waals surface area contributed by atoms with Gasteiger partial charge in [0.1, 0.15) is 0 Å². The van der Waals surface area contributed by atoms with E-state index in [1.54, 1.807) is 0 Å². The molecule has 0 amide bonds. The molecule has 5 aromatic carbocycles. The lowest BCUT2D eigenvalue weighted by atomic mass is 9.74. The summed E-state index contributed by atoms with van der Waals surface area (Å²) in [5, 5.41) is 5.41. The summed E-state index contributed by atoms with van der Waals surface area (Å²) in [6.07, 6.45) is 15.8. The van der Waals surface area contributed by atoms with E-state index in [0.29, 0.717) is 0 Å². The number of hydrogen-bond acceptors (Lipinski definition) is 1. The Morgan fingerprint density at radius 1 is 0.659 bits per heavy atom. The highest BCUT2D eigenvalue weighted by Gasteiger charge is 2.29. The van der Waals surface area contributed by atoms with E-state index in [4.69, 9.17) is 0 Å². The molecule has 5 aromatic rings. The van der Waals surface area contributed by atoms with Crippen molar-refractivity contribution < 1.29 is 0 Å². The van der Waals surface area contributed by atoms with Crippen LogP contribution in [0.4, 0.5) is 11.4 Å². The van der Waals surface area contributed by atoms with Crippen LogP contribution in [0.5, 0.6) is 0 Å². The van der Waals surface area contributed by atoms with Crippen molar-refractivity contribution in [3.05, 3.63) is 149 Å². The third-order valence-corrected chi connectivity index (χ3v) is 8.93. The highest BCUT2D eigenvalue weighted by Crippen LogP contribution is 2.45. The first kappa shape index (κ1) is 25.6. The Hall–Kier alpha value is -4.36. The van der Waals surface area contributed by atoms with E-state index in [-0.39, 0.29) is 5.41 Å². The van der Waals surface area contributed by atoms with Crippen molar-refractivity contribution in [1.82, 2.24) is 0 Å². The molecule has 7 rings (SSSR count). The number of nitrogens with zero attached hydrogens (tertiary/aromatic N) is 1. The van der Waals surface area contributed by atoms with Crippen LogP contribution in [0, 0.1) is 6.92 Å². The van der Waals surface area contributed by atoms with Gasteiger partial charge in [0.25, 0.3) is 0 Å². The molecule has 0 bridgehead atoms. The minimum Gasteiger partial charge on any atom is -0.311 e. The molecule has 1 heteroatoms. The fraction of sp³-hybridized carbons (Fsp3) is 0.200. The van der Waals surface area contributed by atoms with E-state index in [2.05, 4.69) is 147 Å². The van der Waals surface area contributed by atoms with Crippen molar-refractivity contribution in [2.24, 2.45) is 0 Å². The van der Waals surface area contributed by atoms with Gasteiger partial charge in [-0.1, -0.05) is 110 Å². The zero-order valence-electron chi connectivity index (χ0n) is 24.3. The van der Waals surface area contributed by atoms with Crippen LogP contribution in [-0.4, -0.2) is 0 Å². The van der Waals surface area contributed by atoms with Crippen molar-refractivity contribution in [3.63, 3.8) is 0 Å². The van der Waals surface area contributed by atoms with Crippen molar-refractivity contribution in [3.8, 4) is 0 Å². The lowest BCUT2D eigenvalue weighted by Crippen LogP contribution is -2.20. The first-order chi connectivity index (χ1) is 20.0. The fourth-order valence-electron chi connectivity index (χ4n) is 6.88. The molecule has 41 heavy (non-hydrogen) atoms. The molecule has 0 saturated heterocycles. The Kier molecular flexibility index (Phi) is 6.39. The maximum Gasteiger partial charge on any atom is 0.0468 e. The van der Waals surface area contributed by atoms with Crippen molar-refractivity contribution in [1.29, 1.82) is 0 Å². The number of anilines is 2. The highest BCUT2D eigenvalue weighted by atomic mass is 15.1. The zero-order valence-corrected chi connectivity index (χ0v) is 24.3. The monoisotopic (exact) mass is 531 g/mol. The summed E-state index contributed by atoms with van der Waals surface area (Å²) in [5.41, 5.74) is 10.6. The molecular weight excluding hydrogens is 494 g/mol. The highest BCUT2D eigenvalue weighted by molar-refractivity contribution is 6.12. The zero-order chi connectivity index (χ0) is 28.0. The molecule has 202 valence electrons. The predicted octanol–water partition coefficient (Wildman–Crippen LogP) is 11.0. The first-order valence-corrected chi connectivity index (χ1v) is 15.0. The first-order valence-electron chi connectivity index (χ1n) is 15.0. The molecule has 0 unspecified atom stereocenters. The SMILES string of the molecule is Cc1ccc(N(C2=CCCC=C2)c2ccc3c4c(c5ccccc5c3c2)Cc2ccccc2/C=C\CC4(C)C)cc1. The number of benzene rings is 5. The van der Waals surface area contributed by atoms with E-state index in [1.165, 1.54) is 66.4 Å². The van der Waals surface area contributed by atoms with Crippen LogP contribution in [0.3, 0.4) is 0 Å². The molecule has 0 fully saturated rings. The summed E-state index contributed by atoms with van der Waals surface area (Å²) in [6, 6.07) is 34.1. The van der Waals surface area contributed by atoms with E-state index in [9.17, 15) is 0 Å². The van der Waals surface area contributed by atoms with Gasteiger partial charge in [0.05, 0.1) is 0 Å². The Morgan fingerprint density at radius 2 is 1.41 bits per heavy atom. The average molecular weight is 532 g/mol. The second-order valence-electron chi connectivity index (χ2n) is 12.3. The Balaban J connectivity index is 1.51. The molecule has 0 saturated carbocycles. The minimum absolute atomic E-state index is 0.0110. The third-order valence-electron chi connectivity index (χ3n) is 8.93. The second-order valence-corrected chi connectivity index (χ2v) is 12.3. The molecule has 2 aliphatic carbocycles. The van der Waals surface area contributed by atoms with Gasteiger partial charge in [-0.25, -0.2) is 0 Å². The number of aryl methyl sites for hydroxylation is 1. The van der Waals surface area contributed by atoms with Gasteiger partial charge in [0.2, 0.25) is 0 Å². The molecule has 0 heterocycles. The molecule has 0 aliphatic heterocycles. The van der Waals surface area contributed by atoms with E-state index in [1.807, 2.05) is 0 Å². The minimum atomic E-state index is -0.0110. The van der Waals surface area contributed by atoms with Crippen molar-refractivity contribution in [2.75, 3.05) is 4.90 Å². The quantitative estimate of drug-likeness (QED) is 0.209. The molecule has 1 nitrogen and oxygen atoms in total. The largest absolute Gasteiger partial charge is 0.311 e. The molecule has 0 radical (unpaired) electrons. The molecule has 2 aliphatic rings. The summed E-state index contributed by atoms with van der Waals surface area (Å²) in [7, 11) is 0. The molecule has 0 spiro atoms. The molecular formula is C40H37N. The van der Waals surface area contributed by atoms with Crippen molar-refractivity contribution >= 4 is 39.0 Å². The number of allylic oxidation sites excluding steroid dienone is 4.